The van der Waals surface area contributed by atoms with Crippen LogP contribution in [0.4, 0.5) is 11.4 Å². The second kappa shape index (κ2) is 6.34. The molecule has 1 N–H and O–H groups in total. The summed E-state index contributed by atoms with van der Waals surface area (Å²) in [6.45, 7) is 0. The normalized spacial score (nSPS) is 8.53. The van der Waals surface area contributed by atoms with Crippen molar-refractivity contribution in [3.63, 3.8) is 0 Å². The van der Waals surface area contributed by atoms with Crippen LogP contribution in [0.3, 0.4) is 0 Å². The van der Waals surface area contributed by atoms with Gasteiger partial charge >= 0.3 is 0 Å². The Hall–Kier alpha value is -2.64. The number of allylic oxidation sites excluding steroid dienone is 2. The van der Waals surface area contributed by atoms with E-state index in [0.717, 1.165) is 0 Å². The second-order valence-corrected chi connectivity index (χ2v) is 4.29. The van der Waals surface area contributed by atoms with E-state index >= 15 is 0 Å². The van der Waals surface area contributed by atoms with Crippen molar-refractivity contribution in [2.45, 2.75) is 0 Å². The van der Waals surface area contributed by atoms with Crippen molar-refractivity contribution in [2.75, 3.05) is 5.32 Å². The van der Waals surface area contributed by atoms with Gasteiger partial charge in [-0.1, -0.05) is 0 Å². The van der Waals surface area contributed by atoms with E-state index in [9.17, 15) is 10.1 Å². The molecular weight excluding hydrogens is 361 g/mol. The van der Waals surface area contributed by atoms with Crippen molar-refractivity contribution >= 4 is 34.0 Å². The first-order valence-corrected chi connectivity index (χ1v) is 5.77. The van der Waals surface area contributed by atoms with Crippen molar-refractivity contribution in [2.24, 2.45) is 0 Å². The van der Waals surface area contributed by atoms with Gasteiger partial charge in [0.05, 0.1) is 10.6 Å². The minimum atomic E-state index is -0.577. The summed E-state index contributed by atoms with van der Waals surface area (Å²) in [5, 5.41) is 39.5. The Morgan fingerprint density at radius 2 is 1.89 bits per heavy atom. The number of nitrogens with zero attached hydrogens (tertiary/aromatic N) is 4. The van der Waals surface area contributed by atoms with E-state index in [4.69, 9.17) is 15.8 Å². The number of non-ortho nitro benzene ring substituents is 1. The summed E-state index contributed by atoms with van der Waals surface area (Å²) in [6, 6.07) is 8.87. The summed E-state index contributed by atoms with van der Waals surface area (Å²) < 4.78 is 0.617. The van der Waals surface area contributed by atoms with Crippen molar-refractivity contribution < 1.29 is 4.92 Å². The van der Waals surface area contributed by atoms with E-state index in [1.165, 1.54) is 18.2 Å². The van der Waals surface area contributed by atoms with Gasteiger partial charge in [0.2, 0.25) is 0 Å². The molecule has 1 aromatic carbocycles. The maximum Gasteiger partial charge on any atom is 0.271 e. The molecule has 0 bridgehead atoms. The predicted octanol–water partition coefficient (Wildman–Crippen LogP) is 2.44. The number of nitro groups is 1. The Bertz CT molecular complexity index is 675. The highest BCUT2D eigenvalue weighted by Crippen LogP contribution is 2.25. The van der Waals surface area contributed by atoms with Crippen LogP contribution in [0.1, 0.15) is 0 Å². The molecule has 0 aliphatic rings. The Morgan fingerprint density at radius 1 is 1.26 bits per heavy atom. The van der Waals surface area contributed by atoms with Crippen molar-refractivity contribution in [3.8, 4) is 18.2 Å². The molecule has 0 saturated carbocycles. The number of nitrogens with one attached hydrogen (secondary N) is 1. The summed E-state index contributed by atoms with van der Waals surface area (Å²) in [7, 11) is 0. The monoisotopic (exact) mass is 365 g/mol. The zero-order chi connectivity index (χ0) is 14.4. The molecule has 0 unspecified atom stereocenters. The van der Waals surface area contributed by atoms with E-state index in [1.807, 2.05) is 22.6 Å². The lowest BCUT2D eigenvalue weighted by atomic mass is 10.2. The molecule has 0 spiro atoms. The molecule has 0 aliphatic heterocycles. The molecule has 19 heavy (non-hydrogen) atoms. The second-order valence-electron chi connectivity index (χ2n) is 3.13. The molecular formula is C11H4IN5O2. The Morgan fingerprint density at radius 3 is 2.37 bits per heavy atom. The summed E-state index contributed by atoms with van der Waals surface area (Å²) in [6.07, 6.45) is 0. The van der Waals surface area contributed by atoms with Crippen LogP contribution in [-0.2, 0) is 0 Å². The van der Waals surface area contributed by atoms with Gasteiger partial charge in [0.1, 0.15) is 23.9 Å². The number of benzene rings is 1. The molecule has 1 rings (SSSR count). The average molecular weight is 365 g/mol. The zero-order valence-corrected chi connectivity index (χ0v) is 11.4. The van der Waals surface area contributed by atoms with Gasteiger partial charge in [-0.3, -0.25) is 10.1 Å². The van der Waals surface area contributed by atoms with Crippen LogP contribution in [0.15, 0.2) is 29.5 Å². The van der Waals surface area contributed by atoms with Gasteiger partial charge in [-0.05, 0) is 28.7 Å². The summed E-state index contributed by atoms with van der Waals surface area (Å²) >= 11 is 1.91. The highest BCUT2D eigenvalue weighted by Gasteiger charge is 2.12. The van der Waals surface area contributed by atoms with Gasteiger partial charge in [-0.25, -0.2) is 0 Å². The number of rotatable bonds is 3. The number of hydrogen-bond donors (Lipinski definition) is 1. The maximum absolute atomic E-state index is 10.7. The van der Waals surface area contributed by atoms with Gasteiger partial charge < -0.3 is 5.32 Å². The molecule has 0 fully saturated rings. The quantitative estimate of drug-likeness (QED) is 0.379. The smallest absolute Gasteiger partial charge is 0.271 e. The fraction of sp³-hybridized carbons (Fsp3) is 0. The summed E-state index contributed by atoms with van der Waals surface area (Å²) in [4.78, 5) is 10.1. The minimum Gasteiger partial charge on any atom is -0.344 e. The third-order valence-corrected chi connectivity index (χ3v) is 2.95. The third kappa shape index (κ3) is 3.41. The van der Waals surface area contributed by atoms with Crippen LogP contribution >= 0.6 is 22.6 Å². The number of nitriles is 3. The highest BCUT2D eigenvalue weighted by molar-refractivity contribution is 14.1. The van der Waals surface area contributed by atoms with Gasteiger partial charge in [0.25, 0.3) is 5.69 Å². The Balaban J connectivity index is 3.27. The topological polar surface area (TPSA) is 127 Å². The van der Waals surface area contributed by atoms with Gasteiger partial charge in [-0.2, -0.15) is 15.8 Å². The number of nitro benzene ring substituents is 1. The van der Waals surface area contributed by atoms with Crippen LogP contribution in [0, 0.1) is 47.7 Å². The van der Waals surface area contributed by atoms with Crippen molar-refractivity contribution in [3.05, 3.63) is 43.2 Å². The lowest BCUT2D eigenvalue weighted by molar-refractivity contribution is -0.384. The molecule has 0 aromatic heterocycles. The molecule has 0 heterocycles. The molecule has 0 atom stereocenters. The van der Waals surface area contributed by atoms with E-state index < -0.39 is 4.92 Å². The standard InChI is InChI=1S/C11H4IN5O2/c12-9-2-1-8(17(18)19)3-10(9)16-11(6-15)7(4-13)5-14/h1-3,16H. The molecule has 1 aromatic rings. The van der Waals surface area contributed by atoms with Crippen LogP contribution in [0.25, 0.3) is 0 Å². The van der Waals surface area contributed by atoms with Gasteiger partial charge in [0, 0.05) is 15.7 Å². The molecule has 92 valence electrons. The first-order valence-electron chi connectivity index (χ1n) is 4.69. The average Bonchev–Trinajstić information content (AvgIpc) is 2.40. The van der Waals surface area contributed by atoms with Crippen LogP contribution < -0.4 is 5.32 Å². The minimum absolute atomic E-state index is 0.157. The van der Waals surface area contributed by atoms with E-state index in [2.05, 4.69) is 5.32 Å². The van der Waals surface area contributed by atoms with Crippen LogP contribution in [0.2, 0.25) is 0 Å². The number of halogens is 1. The molecule has 0 radical (unpaired) electrons. The highest BCUT2D eigenvalue weighted by atomic mass is 127. The fourth-order valence-corrected chi connectivity index (χ4v) is 1.61. The Labute approximate surface area is 121 Å². The molecule has 8 heteroatoms. The molecule has 7 nitrogen and oxygen atoms in total. The maximum atomic E-state index is 10.7. The van der Waals surface area contributed by atoms with Crippen LogP contribution in [0.5, 0.6) is 0 Å². The SMILES string of the molecule is N#CC(C#N)=C(C#N)Nc1cc([N+](=O)[O-])ccc1I. The molecule has 0 amide bonds. The van der Waals surface area contributed by atoms with Crippen molar-refractivity contribution in [1.82, 2.24) is 0 Å². The molecule has 0 saturated heterocycles. The third-order valence-electron chi connectivity index (χ3n) is 2.01. The number of anilines is 1. The first kappa shape index (κ1) is 14.4. The van der Waals surface area contributed by atoms with Gasteiger partial charge in [0.15, 0.2) is 5.57 Å². The lowest BCUT2D eigenvalue weighted by Gasteiger charge is -2.06. The largest absolute Gasteiger partial charge is 0.344 e. The Kier molecular flexibility index (Phi) is 4.81. The molecule has 0 aliphatic carbocycles. The van der Waals surface area contributed by atoms with E-state index in [1.54, 1.807) is 18.2 Å². The van der Waals surface area contributed by atoms with Crippen molar-refractivity contribution in [1.29, 1.82) is 15.8 Å². The van der Waals surface area contributed by atoms with E-state index in [-0.39, 0.29) is 22.6 Å². The zero-order valence-electron chi connectivity index (χ0n) is 9.22. The lowest BCUT2D eigenvalue weighted by Crippen LogP contribution is -2.03. The summed E-state index contributed by atoms with van der Waals surface area (Å²) in [5.41, 5.74) is -0.502. The van der Waals surface area contributed by atoms with Crippen LogP contribution in [-0.4, -0.2) is 4.92 Å². The first-order chi connectivity index (χ1) is 9.03. The fourth-order valence-electron chi connectivity index (χ4n) is 1.14. The summed E-state index contributed by atoms with van der Waals surface area (Å²) in [5.74, 6) is 0. The van der Waals surface area contributed by atoms with Gasteiger partial charge in [-0.15, -0.1) is 0 Å². The predicted molar refractivity (Wildman–Crippen MR) is 73.3 cm³/mol. The number of hydrogen-bond acceptors (Lipinski definition) is 6. The van der Waals surface area contributed by atoms with E-state index in [0.29, 0.717) is 3.57 Å².